The molecule has 0 atom stereocenters. The molecule has 15 heavy (non-hydrogen) atoms. The fraction of sp³-hybridized carbons (Fsp3) is 0.111. The second-order valence-corrected chi connectivity index (χ2v) is 3.72. The third kappa shape index (κ3) is 3.25. The van der Waals surface area contributed by atoms with Gasteiger partial charge in [0.05, 0.1) is 5.56 Å². The molecule has 0 saturated carbocycles. The number of nitrogens with one attached hydrogen (secondary N) is 1. The van der Waals surface area contributed by atoms with Crippen molar-refractivity contribution < 1.29 is 14.7 Å². The van der Waals surface area contributed by atoms with Crippen molar-refractivity contribution in [1.82, 2.24) is 0 Å². The minimum absolute atomic E-state index is 0.263. The van der Waals surface area contributed by atoms with Gasteiger partial charge in [0.25, 0.3) is 5.91 Å². The van der Waals surface area contributed by atoms with E-state index in [1.54, 1.807) is 12.1 Å². The first-order valence-corrected chi connectivity index (χ1v) is 4.85. The fourth-order valence-corrected chi connectivity index (χ4v) is 1.41. The molecule has 0 aliphatic carbocycles. The summed E-state index contributed by atoms with van der Waals surface area (Å²) in [4.78, 5) is 21.3. The maximum Gasteiger partial charge on any atom is 0.322 e. The van der Waals surface area contributed by atoms with E-state index in [1.165, 1.54) is 6.07 Å². The average Bonchev–Trinajstić information content (AvgIpc) is 2.14. The maximum absolute atomic E-state index is 11.0. The summed E-state index contributed by atoms with van der Waals surface area (Å²) in [5.74, 6) is -1.61. The first-order chi connectivity index (χ1) is 7.00. The Labute approximate surface area is 94.4 Å². The molecule has 1 rings (SSSR count). The number of amides is 1. The van der Waals surface area contributed by atoms with Crippen LogP contribution in [-0.2, 0) is 4.79 Å². The highest BCUT2D eigenvalue weighted by molar-refractivity contribution is 9.10. The summed E-state index contributed by atoms with van der Waals surface area (Å²) in [6.07, 6.45) is 0. The molecule has 0 saturated heterocycles. The average molecular weight is 273 g/mol. The van der Waals surface area contributed by atoms with Gasteiger partial charge in [-0.1, -0.05) is 15.9 Å². The van der Waals surface area contributed by atoms with Crippen molar-refractivity contribution in [2.24, 2.45) is 5.73 Å². The van der Waals surface area contributed by atoms with Gasteiger partial charge in [0.1, 0.15) is 6.54 Å². The molecular weight excluding hydrogens is 264 g/mol. The standard InChI is InChI=1S/C9H9BrN2O3/c10-5-1-2-6(9(11)15)7(3-5)12-4-8(13)14/h1-3,12H,4H2,(H2,11,15)(H,13,14). The van der Waals surface area contributed by atoms with Gasteiger partial charge in [-0.3, -0.25) is 9.59 Å². The number of benzene rings is 1. The van der Waals surface area contributed by atoms with E-state index in [0.717, 1.165) is 4.47 Å². The molecule has 1 amide bonds. The number of hydrogen-bond acceptors (Lipinski definition) is 3. The highest BCUT2D eigenvalue weighted by Gasteiger charge is 2.09. The molecule has 0 aliphatic rings. The van der Waals surface area contributed by atoms with Crippen molar-refractivity contribution in [2.45, 2.75) is 0 Å². The number of primary amides is 1. The van der Waals surface area contributed by atoms with Crippen molar-refractivity contribution >= 4 is 33.5 Å². The number of aliphatic carboxylic acids is 1. The molecule has 0 radical (unpaired) electrons. The number of rotatable bonds is 4. The van der Waals surface area contributed by atoms with Gasteiger partial charge in [-0.05, 0) is 18.2 Å². The summed E-state index contributed by atoms with van der Waals surface area (Å²) >= 11 is 3.21. The summed E-state index contributed by atoms with van der Waals surface area (Å²) in [7, 11) is 0. The van der Waals surface area contributed by atoms with E-state index in [2.05, 4.69) is 21.2 Å². The lowest BCUT2D eigenvalue weighted by Crippen LogP contribution is -2.18. The van der Waals surface area contributed by atoms with Crippen LogP contribution < -0.4 is 11.1 Å². The molecule has 0 aliphatic heterocycles. The Bertz CT molecular complexity index is 406. The Morgan fingerprint density at radius 1 is 1.47 bits per heavy atom. The number of hydrogen-bond donors (Lipinski definition) is 3. The van der Waals surface area contributed by atoms with Crippen LogP contribution in [-0.4, -0.2) is 23.5 Å². The third-order valence-corrected chi connectivity index (χ3v) is 2.17. The lowest BCUT2D eigenvalue weighted by atomic mass is 10.1. The van der Waals surface area contributed by atoms with Crippen LogP contribution in [0.15, 0.2) is 22.7 Å². The van der Waals surface area contributed by atoms with Gasteiger partial charge in [0.15, 0.2) is 0 Å². The molecule has 0 bridgehead atoms. The van der Waals surface area contributed by atoms with Gasteiger partial charge in [-0.15, -0.1) is 0 Å². The van der Waals surface area contributed by atoms with Crippen LogP contribution in [0.2, 0.25) is 0 Å². The predicted octanol–water partition coefficient (Wildman–Crippen LogP) is 1.04. The first-order valence-electron chi connectivity index (χ1n) is 4.05. The summed E-state index contributed by atoms with van der Waals surface area (Å²) < 4.78 is 0.736. The number of carbonyl (C=O) groups is 2. The van der Waals surface area contributed by atoms with Crippen molar-refractivity contribution in [3.63, 3.8) is 0 Å². The molecule has 0 fully saturated rings. The summed E-state index contributed by atoms with van der Waals surface area (Å²) in [5.41, 5.74) is 5.79. The smallest absolute Gasteiger partial charge is 0.322 e. The Kier molecular flexibility index (Phi) is 3.68. The van der Waals surface area contributed by atoms with Gasteiger partial charge >= 0.3 is 5.97 Å². The monoisotopic (exact) mass is 272 g/mol. The quantitative estimate of drug-likeness (QED) is 0.764. The normalized spacial score (nSPS) is 9.67. The van der Waals surface area contributed by atoms with E-state index in [4.69, 9.17) is 10.8 Å². The van der Waals surface area contributed by atoms with Crippen LogP contribution in [0.5, 0.6) is 0 Å². The molecule has 0 aromatic heterocycles. The topological polar surface area (TPSA) is 92.4 Å². The van der Waals surface area contributed by atoms with Crippen LogP contribution >= 0.6 is 15.9 Å². The van der Waals surface area contributed by atoms with E-state index in [0.29, 0.717) is 5.69 Å². The highest BCUT2D eigenvalue weighted by Crippen LogP contribution is 2.20. The van der Waals surface area contributed by atoms with E-state index >= 15 is 0 Å². The van der Waals surface area contributed by atoms with Gasteiger partial charge < -0.3 is 16.2 Å². The number of halogens is 1. The Hall–Kier alpha value is -1.56. The molecule has 0 spiro atoms. The second kappa shape index (κ2) is 4.79. The van der Waals surface area contributed by atoms with E-state index < -0.39 is 11.9 Å². The molecular formula is C9H9BrN2O3. The van der Waals surface area contributed by atoms with Crippen molar-refractivity contribution in [1.29, 1.82) is 0 Å². The number of carboxylic acid groups (broad SMARTS) is 1. The zero-order valence-corrected chi connectivity index (χ0v) is 9.24. The lowest BCUT2D eigenvalue weighted by molar-refractivity contribution is -0.134. The van der Waals surface area contributed by atoms with Gasteiger partial charge in [-0.25, -0.2) is 0 Å². The van der Waals surface area contributed by atoms with Crippen LogP contribution in [0.25, 0.3) is 0 Å². The minimum Gasteiger partial charge on any atom is -0.480 e. The molecule has 4 N–H and O–H groups in total. The van der Waals surface area contributed by atoms with Gasteiger partial charge in [0, 0.05) is 10.2 Å². The van der Waals surface area contributed by atoms with E-state index in [1.807, 2.05) is 0 Å². The van der Waals surface area contributed by atoms with Gasteiger partial charge in [0.2, 0.25) is 0 Å². The predicted molar refractivity (Wildman–Crippen MR) is 58.8 cm³/mol. The zero-order chi connectivity index (χ0) is 11.4. The maximum atomic E-state index is 11.0. The van der Waals surface area contributed by atoms with Crippen LogP contribution in [0.1, 0.15) is 10.4 Å². The Morgan fingerprint density at radius 3 is 2.67 bits per heavy atom. The molecule has 5 nitrogen and oxygen atoms in total. The Morgan fingerprint density at radius 2 is 2.13 bits per heavy atom. The van der Waals surface area contributed by atoms with E-state index in [-0.39, 0.29) is 12.1 Å². The molecule has 1 aromatic rings. The van der Waals surface area contributed by atoms with Crippen molar-refractivity contribution in [2.75, 3.05) is 11.9 Å². The number of carboxylic acids is 1. The molecule has 1 aromatic carbocycles. The second-order valence-electron chi connectivity index (χ2n) is 2.80. The molecule has 6 heteroatoms. The van der Waals surface area contributed by atoms with Crippen LogP contribution in [0, 0.1) is 0 Å². The number of nitrogens with two attached hydrogens (primary N) is 1. The fourth-order valence-electron chi connectivity index (χ4n) is 1.05. The summed E-state index contributed by atoms with van der Waals surface area (Å²) in [6.45, 7) is -0.267. The zero-order valence-electron chi connectivity index (χ0n) is 7.66. The first kappa shape index (κ1) is 11.5. The molecule has 0 heterocycles. The summed E-state index contributed by atoms with van der Waals surface area (Å²) in [6, 6.07) is 4.78. The Balaban J connectivity index is 2.96. The van der Waals surface area contributed by atoms with Crippen molar-refractivity contribution in [3.05, 3.63) is 28.2 Å². The minimum atomic E-state index is -1.01. The third-order valence-electron chi connectivity index (χ3n) is 1.68. The SMILES string of the molecule is NC(=O)c1ccc(Br)cc1NCC(=O)O. The van der Waals surface area contributed by atoms with Gasteiger partial charge in [-0.2, -0.15) is 0 Å². The lowest BCUT2D eigenvalue weighted by Gasteiger charge is -2.08. The summed E-state index contributed by atoms with van der Waals surface area (Å²) in [5, 5.41) is 11.1. The van der Waals surface area contributed by atoms with Crippen LogP contribution in [0.3, 0.4) is 0 Å². The number of carbonyl (C=O) groups excluding carboxylic acids is 1. The molecule has 0 unspecified atom stereocenters. The van der Waals surface area contributed by atoms with Crippen molar-refractivity contribution in [3.8, 4) is 0 Å². The largest absolute Gasteiger partial charge is 0.480 e. The van der Waals surface area contributed by atoms with Crippen LogP contribution in [0.4, 0.5) is 5.69 Å². The molecule has 80 valence electrons. The highest BCUT2D eigenvalue weighted by atomic mass is 79.9. The number of anilines is 1. The van der Waals surface area contributed by atoms with E-state index in [9.17, 15) is 9.59 Å².